The molecule has 0 radical (unpaired) electrons. The van der Waals surface area contributed by atoms with Crippen molar-refractivity contribution in [2.45, 2.75) is 26.7 Å². The fraction of sp³-hybridized carbons (Fsp3) is 0.333. The highest BCUT2D eigenvalue weighted by atomic mass is 16.4. The molecule has 1 aromatic rings. The summed E-state index contributed by atoms with van der Waals surface area (Å²) in [6.07, 6.45) is 0. The van der Waals surface area contributed by atoms with Gasteiger partial charge >= 0.3 is 11.9 Å². The molecule has 4 heteroatoms. The van der Waals surface area contributed by atoms with Crippen molar-refractivity contribution in [2.24, 2.45) is 0 Å². The van der Waals surface area contributed by atoms with Gasteiger partial charge in [-0.2, -0.15) is 0 Å². The Labute approximate surface area is 94.5 Å². The van der Waals surface area contributed by atoms with E-state index in [-0.39, 0.29) is 5.56 Å². The van der Waals surface area contributed by atoms with E-state index < -0.39 is 17.9 Å². The standard InChI is InChI=1S/C10H10O4.C2H6/c1-6-2-4-7(5-3-6)8(9(11)12)10(13)14;1-2/h2-5,8H,1H3,(H,11,12)(H,13,14);1-2H3. The Kier molecular flexibility index (Phi) is 5.85. The normalized spacial score (nSPS) is 9.25. The monoisotopic (exact) mass is 224 g/mol. The predicted molar refractivity (Wildman–Crippen MR) is 60.5 cm³/mol. The summed E-state index contributed by atoms with van der Waals surface area (Å²) in [5.74, 6) is -4.17. The molecule has 0 aromatic heterocycles. The molecule has 0 heterocycles. The van der Waals surface area contributed by atoms with E-state index in [1.807, 2.05) is 20.8 Å². The summed E-state index contributed by atoms with van der Waals surface area (Å²) in [4.78, 5) is 21.3. The minimum atomic E-state index is -1.48. The molecule has 0 aliphatic rings. The summed E-state index contributed by atoms with van der Waals surface area (Å²) < 4.78 is 0. The number of aryl methyl sites for hydroxylation is 1. The van der Waals surface area contributed by atoms with Crippen molar-refractivity contribution in [1.29, 1.82) is 0 Å². The van der Waals surface area contributed by atoms with Crippen molar-refractivity contribution >= 4 is 11.9 Å². The van der Waals surface area contributed by atoms with Crippen LogP contribution >= 0.6 is 0 Å². The molecular weight excluding hydrogens is 208 g/mol. The van der Waals surface area contributed by atoms with Crippen LogP contribution in [-0.4, -0.2) is 22.2 Å². The maximum Gasteiger partial charge on any atom is 0.322 e. The Morgan fingerprint density at radius 1 is 1.00 bits per heavy atom. The van der Waals surface area contributed by atoms with Gasteiger partial charge in [0.2, 0.25) is 0 Å². The molecule has 88 valence electrons. The number of carboxylic acid groups (broad SMARTS) is 2. The lowest BCUT2D eigenvalue weighted by atomic mass is 9.99. The highest BCUT2D eigenvalue weighted by molar-refractivity contribution is 5.98. The lowest BCUT2D eigenvalue weighted by Crippen LogP contribution is -2.20. The third kappa shape index (κ3) is 3.73. The molecule has 0 spiro atoms. The van der Waals surface area contributed by atoms with Crippen LogP contribution in [0.15, 0.2) is 24.3 Å². The topological polar surface area (TPSA) is 74.6 Å². The van der Waals surface area contributed by atoms with Gasteiger partial charge in [0.15, 0.2) is 5.92 Å². The first-order valence-electron chi connectivity index (χ1n) is 5.04. The van der Waals surface area contributed by atoms with Crippen LogP contribution < -0.4 is 0 Å². The summed E-state index contributed by atoms with van der Waals surface area (Å²) in [5.41, 5.74) is 1.25. The zero-order valence-electron chi connectivity index (χ0n) is 9.60. The Bertz CT molecular complexity index is 340. The average Bonchev–Trinajstić information content (AvgIpc) is 2.23. The summed E-state index contributed by atoms with van der Waals surface area (Å²) in [7, 11) is 0. The molecule has 0 fully saturated rings. The molecule has 16 heavy (non-hydrogen) atoms. The molecule has 0 unspecified atom stereocenters. The van der Waals surface area contributed by atoms with Crippen LogP contribution in [-0.2, 0) is 9.59 Å². The number of benzene rings is 1. The van der Waals surface area contributed by atoms with E-state index in [1.165, 1.54) is 12.1 Å². The molecule has 2 N–H and O–H groups in total. The Morgan fingerprint density at radius 3 is 1.69 bits per heavy atom. The van der Waals surface area contributed by atoms with Crippen molar-refractivity contribution in [2.75, 3.05) is 0 Å². The summed E-state index contributed by atoms with van der Waals surface area (Å²) >= 11 is 0. The second kappa shape index (κ2) is 6.61. The maximum absolute atomic E-state index is 10.6. The Hall–Kier alpha value is -1.84. The third-order valence-electron chi connectivity index (χ3n) is 1.90. The van der Waals surface area contributed by atoms with Crippen LogP contribution in [0, 0.1) is 6.92 Å². The van der Waals surface area contributed by atoms with E-state index in [1.54, 1.807) is 12.1 Å². The molecule has 0 bridgehead atoms. The molecule has 0 saturated heterocycles. The molecule has 1 rings (SSSR count). The lowest BCUT2D eigenvalue weighted by molar-refractivity contribution is -0.150. The Balaban J connectivity index is 0.00000106. The number of rotatable bonds is 3. The quantitative estimate of drug-likeness (QED) is 0.772. The minimum absolute atomic E-state index is 0.288. The van der Waals surface area contributed by atoms with Crippen LogP contribution in [0.2, 0.25) is 0 Å². The third-order valence-corrected chi connectivity index (χ3v) is 1.90. The van der Waals surface area contributed by atoms with Crippen molar-refractivity contribution < 1.29 is 19.8 Å². The number of carbonyl (C=O) groups is 2. The molecular formula is C12H16O4. The number of aliphatic carboxylic acids is 2. The number of carboxylic acids is 2. The largest absolute Gasteiger partial charge is 0.480 e. The van der Waals surface area contributed by atoms with Gasteiger partial charge < -0.3 is 10.2 Å². The van der Waals surface area contributed by atoms with Crippen LogP contribution in [0.3, 0.4) is 0 Å². The van der Waals surface area contributed by atoms with Crippen molar-refractivity contribution in [3.05, 3.63) is 35.4 Å². The molecule has 4 nitrogen and oxygen atoms in total. The van der Waals surface area contributed by atoms with E-state index in [0.717, 1.165) is 5.56 Å². The smallest absolute Gasteiger partial charge is 0.322 e. The van der Waals surface area contributed by atoms with Gasteiger partial charge in [0.1, 0.15) is 0 Å². The highest BCUT2D eigenvalue weighted by Crippen LogP contribution is 2.16. The summed E-state index contributed by atoms with van der Waals surface area (Å²) in [6.45, 7) is 5.85. The number of hydrogen-bond acceptors (Lipinski definition) is 2. The zero-order chi connectivity index (χ0) is 12.7. The van der Waals surface area contributed by atoms with Gasteiger partial charge in [0.05, 0.1) is 0 Å². The van der Waals surface area contributed by atoms with Crippen molar-refractivity contribution in [1.82, 2.24) is 0 Å². The maximum atomic E-state index is 10.6. The van der Waals surface area contributed by atoms with Crippen molar-refractivity contribution in [3.8, 4) is 0 Å². The molecule has 0 aliphatic heterocycles. The van der Waals surface area contributed by atoms with Gasteiger partial charge in [-0.3, -0.25) is 9.59 Å². The predicted octanol–water partition coefficient (Wildman–Crippen LogP) is 2.27. The first-order chi connectivity index (χ1) is 7.52. The van der Waals surface area contributed by atoms with Crippen LogP contribution in [0.5, 0.6) is 0 Å². The molecule has 0 saturated carbocycles. The average molecular weight is 224 g/mol. The molecule has 0 amide bonds. The van der Waals surface area contributed by atoms with Gasteiger partial charge in [0.25, 0.3) is 0 Å². The SMILES string of the molecule is CC.Cc1ccc(C(C(=O)O)C(=O)O)cc1. The van der Waals surface area contributed by atoms with E-state index in [9.17, 15) is 9.59 Å². The zero-order valence-corrected chi connectivity index (χ0v) is 9.60. The molecule has 1 aromatic carbocycles. The van der Waals surface area contributed by atoms with Gasteiger partial charge in [-0.05, 0) is 12.5 Å². The van der Waals surface area contributed by atoms with Gasteiger partial charge in [-0.25, -0.2) is 0 Å². The van der Waals surface area contributed by atoms with Gasteiger partial charge in [-0.1, -0.05) is 43.7 Å². The minimum Gasteiger partial charge on any atom is -0.480 e. The van der Waals surface area contributed by atoms with Crippen LogP contribution in [0.25, 0.3) is 0 Å². The molecule has 0 atom stereocenters. The first kappa shape index (κ1) is 14.2. The summed E-state index contributed by atoms with van der Waals surface area (Å²) in [5, 5.41) is 17.4. The molecule has 0 aliphatic carbocycles. The van der Waals surface area contributed by atoms with Gasteiger partial charge in [-0.15, -0.1) is 0 Å². The fourth-order valence-corrected chi connectivity index (χ4v) is 1.15. The summed E-state index contributed by atoms with van der Waals surface area (Å²) in [6, 6.07) is 6.41. The lowest BCUT2D eigenvalue weighted by Gasteiger charge is -2.07. The second-order valence-electron chi connectivity index (χ2n) is 3.02. The van der Waals surface area contributed by atoms with Crippen LogP contribution in [0.4, 0.5) is 0 Å². The first-order valence-corrected chi connectivity index (χ1v) is 5.04. The van der Waals surface area contributed by atoms with E-state index in [2.05, 4.69) is 0 Å². The van der Waals surface area contributed by atoms with Crippen LogP contribution in [0.1, 0.15) is 30.9 Å². The van der Waals surface area contributed by atoms with Gasteiger partial charge in [0, 0.05) is 0 Å². The van der Waals surface area contributed by atoms with E-state index in [4.69, 9.17) is 10.2 Å². The van der Waals surface area contributed by atoms with Crippen molar-refractivity contribution in [3.63, 3.8) is 0 Å². The Morgan fingerprint density at radius 2 is 1.38 bits per heavy atom. The second-order valence-corrected chi connectivity index (χ2v) is 3.02. The van der Waals surface area contributed by atoms with E-state index in [0.29, 0.717) is 0 Å². The van der Waals surface area contributed by atoms with E-state index >= 15 is 0 Å². The highest BCUT2D eigenvalue weighted by Gasteiger charge is 2.27. The fourth-order valence-electron chi connectivity index (χ4n) is 1.15. The number of hydrogen-bond donors (Lipinski definition) is 2.